The monoisotopic (exact) mass is 161 g/mol. The molecule has 0 heterocycles. The second kappa shape index (κ2) is 5.37. The Kier molecular flexibility index (Phi) is 4.79. The van der Waals surface area contributed by atoms with Crippen LogP contribution < -0.4 is 0 Å². The second-order valence-corrected chi connectivity index (χ2v) is 2.74. The van der Waals surface area contributed by atoms with Crippen molar-refractivity contribution in [1.82, 2.24) is 0 Å². The fraction of sp³-hybridized carbons (Fsp3) is 0.364. The van der Waals surface area contributed by atoms with E-state index < -0.39 is 0 Å². The van der Waals surface area contributed by atoms with Gasteiger partial charge < -0.3 is 0 Å². The lowest BCUT2D eigenvalue weighted by Crippen LogP contribution is -1.82. The summed E-state index contributed by atoms with van der Waals surface area (Å²) in [6, 6.07) is 8.13. The first-order chi connectivity index (χ1) is 5.63. The standard InChI is InChI=1S/C9H12.C2H3N/c1-7-5-4-6-8(2)9(7)3;1-2-3/h4-6H,1-3H3;1H3. The summed E-state index contributed by atoms with van der Waals surface area (Å²) in [4.78, 5) is 0. The summed E-state index contributed by atoms with van der Waals surface area (Å²) in [5.74, 6) is 0. The topological polar surface area (TPSA) is 23.8 Å². The van der Waals surface area contributed by atoms with Crippen LogP contribution in [0.2, 0.25) is 0 Å². The van der Waals surface area contributed by atoms with E-state index in [4.69, 9.17) is 5.26 Å². The van der Waals surface area contributed by atoms with E-state index in [1.54, 1.807) is 6.07 Å². The van der Waals surface area contributed by atoms with Crippen LogP contribution in [0.3, 0.4) is 0 Å². The van der Waals surface area contributed by atoms with Gasteiger partial charge in [-0.2, -0.15) is 5.26 Å². The van der Waals surface area contributed by atoms with Crippen LogP contribution in [0.1, 0.15) is 23.6 Å². The molecule has 0 saturated heterocycles. The highest BCUT2D eigenvalue weighted by molar-refractivity contribution is 5.31. The van der Waals surface area contributed by atoms with Crippen LogP contribution in [-0.4, -0.2) is 0 Å². The third-order valence-corrected chi connectivity index (χ3v) is 1.88. The Bertz CT molecular complexity index is 261. The van der Waals surface area contributed by atoms with Crippen LogP contribution in [0.4, 0.5) is 0 Å². The van der Waals surface area contributed by atoms with Crippen LogP contribution in [0.25, 0.3) is 0 Å². The van der Waals surface area contributed by atoms with Crippen LogP contribution in [-0.2, 0) is 0 Å². The van der Waals surface area contributed by atoms with Crippen molar-refractivity contribution < 1.29 is 0 Å². The third kappa shape index (κ3) is 3.21. The van der Waals surface area contributed by atoms with E-state index in [1.807, 2.05) is 0 Å². The summed E-state index contributed by atoms with van der Waals surface area (Å²) in [6.45, 7) is 7.87. The van der Waals surface area contributed by atoms with E-state index in [9.17, 15) is 0 Å². The molecule has 0 fully saturated rings. The van der Waals surface area contributed by atoms with Crippen molar-refractivity contribution in [2.75, 3.05) is 0 Å². The summed E-state index contributed by atoms with van der Waals surface area (Å²) >= 11 is 0. The predicted molar refractivity (Wildman–Crippen MR) is 51.9 cm³/mol. The van der Waals surface area contributed by atoms with Gasteiger partial charge >= 0.3 is 0 Å². The van der Waals surface area contributed by atoms with Gasteiger partial charge in [0.05, 0.1) is 6.07 Å². The first kappa shape index (κ1) is 10.7. The van der Waals surface area contributed by atoms with Gasteiger partial charge in [0, 0.05) is 6.92 Å². The maximum Gasteiger partial charge on any atom is 0.0587 e. The van der Waals surface area contributed by atoms with Gasteiger partial charge in [0.2, 0.25) is 0 Å². The van der Waals surface area contributed by atoms with Crippen molar-refractivity contribution in [2.24, 2.45) is 0 Å². The average molecular weight is 161 g/mol. The molecule has 0 aliphatic carbocycles. The van der Waals surface area contributed by atoms with Crippen molar-refractivity contribution >= 4 is 0 Å². The van der Waals surface area contributed by atoms with Crippen molar-refractivity contribution in [3.05, 3.63) is 34.9 Å². The molecule has 0 bridgehead atoms. The van der Waals surface area contributed by atoms with E-state index in [1.165, 1.54) is 23.6 Å². The number of nitriles is 1. The lowest BCUT2D eigenvalue weighted by molar-refractivity contribution is 1.27. The van der Waals surface area contributed by atoms with Gasteiger partial charge in [0.25, 0.3) is 0 Å². The zero-order valence-electron chi connectivity index (χ0n) is 8.18. The van der Waals surface area contributed by atoms with E-state index in [0.29, 0.717) is 0 Å². The molecule has 0 saturated carbocycles. The van der Waals surface area contributed by atoms with Gasteiger partial charge in [-0.15, -0.1) is 0 Å². The summed E-state index contributed by atoms with van der Waals surface area (Å²) in [7, 11) is 0. The molecule has 12 heavy (non-hydrogen) atoms. The van der Waals surface area contributed by atoms with Gasteiger partial charge in [0.1, 0.15) is 0 Å². The molecule has 0 atom stereocenters. The minimum atomic E-state index is 1.38. The number of nitrogens with zero attached hydrogens (tertiary/aromatic N) is 1. The maximum atomic E-state index is 7.32. The number of benzene rings is 1. The molecular weight excluding hydrogens is 146 g/mol. The van der Waals surface area contributed by atoms with Crippen molar-refractivity contribution in [1.29, 1.82) is 5.26 Å². The minimum absolute atomic E-state index is 1.38. The molecule has 0 aromatic heterocycles. The molecule has 0 amide bonds. The molecule has 1 aromatic rings. The summed E-state index contributed by atoms with van der Waals surface area (Å²) in [6.07, 6.45) is 0. The van der Waals surface area contributed by atoms with E-state index in [2.05, 4.69) is 39.0 Å². The second-order valence-electron chi connectivity index (χ2n) is 2.74. The summed E-state index contributed by atoms with van der Waals surface area (Å²) < 4.78 is 0. The SMILES string of the molecule is CC#N.Cc1cccc(C)c1C. The Balaban J connectivity index is 0.000000354. The average Bonchev–Trinajstić information content (AvgIpc) is 2.02. The molecule has 0 spiro atoms. The lowest BCUT2D eigenvalue weighted by Gasteiger charge is -2.00. The molecule has 0 N–H and O–H groups in total. The zero-order valence-corrected chi connectivity index (χ0v) is 8.18. The number of hydrogen-bond acceptors (Lipinski definition) is 1. The predicted octanol–water partition coefficient (Wildman–Crippen LogP) is 3.14. The van der Waals surface area contributed by atoms with Crippen LogP contribution in [0.5, 0.6) is 0 Å². The summed E-state index contributed by atoms with van der Waals surface area (Å²) in [5, 5.41) is 7.32. The quantitative estimate of drug-likeness (QED) is 0.573. The number of aryl methyl sites for hydroxylation is 2. The highest BCUT2D eigenvalue weighted by Crippen LogP contribution is 2.09. The molecule has 1 aromatic carbocycles. The Hall–Kier alpha value is -1.29. The fourth-order valence-electron chi connectivity index (χ4n) is 0.898. The highest BCUT2D eigenvalue weighted by atomic mass is 14.2. The van der Waals surface area contributed by atoms with Crippen molar-refractivity contribution in [3.63, 3.8) is 0 Å². The van der Waals surface area contributed by atoms with Crippen LogP contribution >= 0.6 is 0 Å². The maximum absolute atomic E-state index is 7.32. The van der Waals surface area contributed by atoms with Crippen LogP contribution in [0, 0.1) is 32.1 Å². The fourth-order valence-corrected chi connectivity index (χ4v) is 0.898. The van der Waals surface area contributed by atoms with Gasteiger partial charge in [-0.1, -0.05) is 18.2 Å². The van der Waals surface area contributed by atoms with Crippen molar-refractivity contribution in [3.8, 4) is 6.07 Å². The molecule has 0 aliphatic rings. The minimum Gasteiger partial charge on any atom is -0.199 e. The smallest absolute Gasteiger partial charge is 0.0587 e. The van der Waals surface area contributed by atoms with Gasteiger partial charge in [0.15, 0.2) is 0 Å². The van der Waals surface area contributed by atoms with Gasteiger partial charge in [-0.3, -0.25) is 0 Å². The number of rotatable bonds is 0. The molecule has 1 heteroatoms. The van der Waals surface area contributed by atoms with Gasteiger partial charge in [-0.25, -0.2) is 0 Å². The first-order valence-electron chi connectivity index (χ1n) is 3.97. The first-order valence-corrected chi connectivity index (χ1v) is 3.97. The Labute approximate surface area is 74.7 Å². The Morgan fingerprint density at radius 3 is 1.67 bits per heavy atom. The van der Waals surface area contributed by atoms with Crippen LogP contribution in [0.15, 0.2) is 18.2 Å². The lowest BCUT2D eigenvalue weighted by atomic mass is 10.1. The number of hydrogen-bond donors (Lipinski definition) is 0. The van der Waals surface area contributed by atoms with Crippen molar-refractivity contribution in [2.45, 2.75) is 27.7 Å². The zero-order chi connectivity index (χ0) is 9.56. The molecule has 0 radical (unpaired) electrons. The largest absolute Gasteiger partial charge is 0.199 e. The molecule has 1 rings (SSSR count). The highest BCUT2D eigenvalue weighted by Gasteiger charge is 1.91. The van der Waals surface area contributed by atoms with E-state index >= 15 is 0 Å². The molecule has 0 aliphatic heterocycles. The summed E-state index contributed by atoms with van der Waals surface area (Å²) in [5.41, 5.74) is 4.18. The van der Waals surface area contributed by atoms with Gasteiger partial charge in [-0.05, 0) is 37.5 Å². The van der Waals surface area contributed by atoms with E-state index in [0.717, 1.165) is 0 Å². The molecule has 0 unspecified atom stereocenters. The van der Waals surface area contributed by atoms with E-state index in [-0.39, 0.29) is 0 Å². The Morgan fingerprint density at radius 2 is 1.42 bits per heavy atom. The molecule has 1 nitrogen and oxygen atoms in total. The third-order valence-electron chi connectivity index (χ3n) is 1.88. The Morgan fingerprint density at radius 1 is 1.08 bits per heavy atom. The molecule has 64 valence electrons. The molecular formula is C11H15N. The normalized spacial score (nSPS) is 7.92.